The first-order valence-corrected chi connectivity index (χ1v) is 7.30. The lowest BCUT2D eigenvalue weighted by atomic mass is 10.1. The number of nitrogens with zero attached hydrogens (tertiary/aromatic N) is 2. The molecule has 1 atom stereocenters. The van der Waals surface area contributed by atoms with E-state index in [1.165, 1.54) is 29.7 Å². The Morgan fingerprint density at radius 2 is 1.95 bits per heavy atom. The number of aromatic amines is 1. The van der Waals surface area contributed by atoms with Gasteiger partial charge in [-0.2, -0.15) is 9.40 Å². The molecule has 0 saturated heterocycles. The smallest absolute Gasteiger partial charge is 0.248 e. The van der Waals surface area contributed by atoms with Gasteiger partial charge in [0.15, 0.2) is 0 Å². The molecule has 3 N–H and O–H groups in total. The van der Waals surface area contributed by atoms with Crippen LogP contribution in [0.4, 0.5) is 10.2 Å². The molecule has 0 spiro atoms. The molecule has 1 aromatic carbocycles. The second-order valence-electron chi connectivity index (χ2n) is 4.40. The van der Waals surface area contributed by atoms with E-state index in [1.807, 2.05) is 0 Å². The second kappa shape index (κ2) is 5.22. The summed E-state index contributed by atoms with van der Waals surface area (Å²) < 4.78 is 38.9. The van der Waals surface area contributed by atoms with Crippen LogP contribution in [0.25, 0.3) is 0 Å². The Hall–Kier alpha value is -1.93. The van der Waals surface area contributed by atoms with E-state index < -0.39 is 16.1 Å². The summed E-state index contributed by atoms with van der Waals surface area (Å²) in [4.78, 5) is -0.0750. The lowest BCUT2D eigenvalue weighted by Crippen LogP contribution is -2.30. The van der Waals surface area contributed by atoms with Gasteiger partial charge in [-0.25, -0.2) is 12.8 Å². The van der Waals surface area contributed by atoms with E-state index in [0.717, 1.165) is 0 Å². The van der Waals surface area contributed by atoms with Crippen LogP contribution in [0.15, 0.2) is 35.4 Å². The molecule has 0 aliphatic heterocycles. The molecule has 0 saturated carbocycles. The van der Waals surface area contributed by atoms with Gasteiger partial charge in [-0.05, 0) is 24.6 Å². The Bertz CT molecular complexity index is 697. The minimum Gasteiger partial charge on any atom is -0.383 e. The van der Waals surface area contributed by atoms with E-state index in [1.54, 1.807) is 19.1 Å². The normalized spacial score (nSPS) is 13.6. The topological polar surface area (TPSA) is 92.1 Å². The molecule has 108 valence electrons. The number of nitrogens with one attached hydrogen (secondary N) is 1. The van der Waals surface area contributed by atoms with E-state index >= 15 is 0 Å². The molecule has 6 nitrogen and oxygen atoms in total. The van der Waals surface area contributed by atoms with Crippen LogP contribution in [-0.2, 0) is 10.0 Å². The van der Waals surface area contributed by atoms with Crippen LogP contribution in [0, 0.1) is 5.82 Å². The van der Waals surface area contributed by atoms with Gasteiger partial charge in [0.05, 0.1) is 6.20 Å². The van der Waals surface area contributed by atoms with Crippen LogP contribution >= 0.6 is 0 Å². The molecule has 0 aliphatic rings. The van der Waals surface area contributed by atoms with Gasteiger partial charge in [-0.15, -0.1) is 0 Å². The van der Waals surface area contributed by atoms with Crippen LogP contribution in [0.2, 0.25) is 0 Å². The standard InChI is InChI=1S/C12H15FN4O2S/c1-8(9-3-5-10(13)6-4-9)17(2)20(18,19)11-7-15-16-12(11)14/h3-8H,1-2H3,(H3,14,15,16). The highest BCUT2D eigenvalue weighted by molar-refractivity contribution is 7.89. The van der Waals surface area contributed by atoms with Gasteiger partial charge in [0.1, 0.15) is 16.5 Å². The van der Waals surface area contributed by atoms with Crippen molar-refractivity contribution >= 4 is 15.8 Å². The van der Waals surface area contributed by atoms with Crippen molar-refractivity contribution in [3.63, 3.8) is 0 Å². The molecule has 0 bridgehead atoms. The Labute approximate surface area is 116 Å². The van der Waals surface area contributed by atoms with Crippen molar-refractivity contribution in [2.24, 2.45) is 0 Å². The van der Waals surface area contributed by atoms with Gasteiger partial charge in [0.2, 0.25) is 10.0 Å². The van der Waals surface area contributed by atoms with Crippen molar-refractivity contribution < 1.29 is 12.8 Å². The molecule has 20 heavy (non-hydrogen) atoms. The fraction of sp³-hybridized carbons (Fsp3) is 0.250. The Morgan fingerprint density at radius 1 is 1.35 bits per heavy atom. The minimum absolute atomic E-state index is 0.0110. The molecule has 0 aliphatic carbocycles. The van der Waals surface area contributed by atoms with Gasteiger partial charge < -0.3 is 5.73 Å². The summed E-state index contributed by atoms with van der Waals surface area (Å²) in [6, 6.07) is 5.21. The summed E-state index contributed by atoms with van der Waals surface area (Å²) in [6.07, 6.45) is 1.17. The average Bonchev–Trinajstić information content (AvgIpc) is 2.85. The third-order valence-corrected chi connectivity index (χ3v) is 5.14. The summed E-state index contributed by atoms with van der Waals surface area (Å²) in [5.74, 6) is -0.381. The minimum atomic E-state index is -3.76. The number of nitrogen functional groups attached to an aromatic ring is 1. The monoisotopic (exact) mass is 298 g/mol. The van der Waals surface area contributed by atoms with E-state index in [-0.39, 0.29) is 16.5 Å². The summed E-state index contributed by atoms with van der Waals surface area (Å²) >= 11 is 0. The number of anilines is 1. The molecule has 0 radical (unpaired) electrons. The molecule has 1 aromatic heterocycles. The SMILES string of the molecule is CC(c1ccc(F)cc1)N(C)S(=O)(=O)c1cn[nH]c1N. The zero-order chi connectivity index (χ0) is 14.9. The Morgan fingerprint density at radius 3 is 2.45 bits per heavy atom. The number of benzene rings is 1. The molecule has 8 heteroatoms. The molecular weight excluding hydrogens is 283 g/mol. The van der Waals surface area contributed by atoms with Crippen molar-refractivity contribution in [1.29, 1.82) is 0 Å². The van der Waals surface area contributed by atoms with Crippen LogP contribution in [0.3, 0.4) is 0 Å². The average molecular weight is 298 g/mol. The van der Waals surface area contributed by atoms with Crippen molar-refractivity contribution in [2.45, 2.75) is 17.9 Å². The number of rotatable bonds is 4. The fourth-order valence-electron chi connectivity index (χ4n) is 1.81. The maximum atomic E-state index is 12.9. The molecule has 0 fully saturated rings. The molecular formula is C12H15FN4O2S. The first kappa shape index (κ1) is 14.5. The predicted molar refractivity (Wildman–Crippen MR) is 72.8 cm³/mol. The second-order valence-corrected chi connectivity index (χ2v) is 6.36. The molecule has 0 amide bonds. The summed E-state index contributed by atoms with van der Waals surface area (Å²) in [7, 11) is -2.32. The first-order chi connectivity index (χ1) is 9.34. The largest absolute Gasteiger partial charge is 0.383 e. The predicted octanol–water partition coefficient (Wildman–Crippen LogP) is 1.51. The van der Waals surface area contributed by atoms with E-state index in [0.29, 0.717) is 5.56 Å². The Kier molecular flexibility index (Phi) is 3.78. The highest BCUT2D eigenvalue weighted by atomic mass is 32.2. The summed E-state index contributed by atoms with van der Waals surface area (Å²) in [6.45, 7) is 1.71. The third kappa shape index (κ3) is 2.52. The quantitative estimate of drug-likeness (QED) is 0.895. The van der Waals surface area contributed by atoms with Gasteiger partial charge in [0, 0.05) is 13.1 Å². The molecule has 2 aromatic rings. The van der Waals surface area contributed by atoms with E-state index in [9.17, 15) is 12.8 Å². The first-order valence-electron chi connectivity index (χ1n) is 5.86. The number of halogens is 1. The number of aromatic nitrogens is 2. The van der Waals surface area contributed by atoms with Gasteiger partial charge in [0.25, 0.3) is 0 Å². The van der Waals surface area contributed by atoms with Crippen LogP contribution in [-0.4, -0.2) is 30.0 Å². The highest BCUT2D eigenvalue weighted by Gasteiger charge is 2.29. The number of nitrogens with two attached hydrogens (primary N) is 1. The fourth-order valence-corrected chi connectivity index (χ4v) is 3.16. The van der Waals surface area contributed by atoms with Gasteiger partial charge in [-0.1, -0.05) is 12.1 Å². The van der Waals surface area contributed by atoms with Crippen LogP contribution in [0.1, 0.15) is 18.5 Å². The van der Waals surface area contributed by atoms with Crippen LogP contribution in [0.5, 0.6) is 0 Å². The molecule has 1 heterocycles. The van der Waals surface area contributed by atoms with Crippen molar-refractivity contribution in [3.8, 4) is 0 Å². The molecule has 2 rings (SSSR count). The zero-order valence-electron chi connectivity index (χ0n) is 11.0. The van der Waals surface area contributed by atoms with E-state index in [2.05, 4.69) is 10.2 Å². The maximum absolute atomic E-state index is 12.9. The third-order valence-electron chi connectivity index (χ3n) is 3.19. The number of hydrogen-bond acceptors (Lipinski definition) is 4. The van der Waals surface area contributed by atoms with Crippen molar-refractivity contribution in [1.82, 2.24) is 14.5 Å². The maximum Gasteiger partial charge on any atom is 0.248 e. The van der Waals surface area contributed by atoms with Gasteiger partial charge in [-0.3, -0.25) is 5.10 Å². The summed E-state index contributed by atoms with van der Waals surface area (Å²) in [5.41, 5.74) is 6.23. The number of sulfonamides is 1. The van der Waals surface area contributed by atoms with E-state index in [4.69, 9.17) is 5.73 Å². The number of H-pyrrole nitrogens is 1. The lowest BCUT2D eigenvalue weighted by molar-refractivity contribution is 0.398. The van der Waals surface area contributed by atoms with Crippen molar-refractivity contribution in [3.05, 3.63) is 41.8 Å². The number of hydrogen-bond donors (Lipinski definition) is 2. The highest BCUT2D eigenvalue weighted by Crippen LogP contribution is 2.27. The van der Waals surface area contributed by atoms with Gasteiger partial charge >= 0.3 is 0 Å². The zero-order valence-corrected chi connectivity index (χ0v) is 11.9. The Balaban J connectivity index is 2.33. The molecule has 1 unspecified atom stereocenters. The van der Waals surface area contributed by atoms with Crippen LogP contribution < -0.4 is 5.73 Å². The lowest BCUT2D eigenvalue weighted by Gasteiger charge is -2.24. The van der Waals surface area contributed by atoms with Crippen molar-refractivity contribution in [2.75, 3.05) is 12.8 Å². The summed E-state index contributed by atoms with van der Waals surface area (Å²) in [5, 5.41) is 6.00.